The maximum absolute atomic E-state index is 13.2. The summed E-state index contributed by atoms with van der Waals surface area (Å²) in [5.74, 6) is -0.255. The summed E-state index contributed by atoms with van der Waals surface area (Å²) in [6.07, 6.45) is 2.22. The van der Waals surface area contributed by atoms with Crippen LogP contribution >= 0.6 is 0 Å². The number of aryl methyl sites for hydroxylation is 1. The van der Waals surface area contributed by atoms with Crippen LogP contribution in [0.5, 0.6) is 0 Å². The van der Waals surface area contributed by atoms with Crippen molar-refractivity contribution in [3.8, 4) is 0 Å². The number of sulfonamides is 1. The molecule has 1 amide bonds. The Balaban J connectivity index is 1.65. The maximum Gasteiger partial charge on any atom is 0.262 e. The van der Waals surface area contributed by atoms with Gasteiger partial charge in [0, 0.05) is 23.8 Å². The van der Waals surface area contributed by atoms with E-state index < -0.39 is 15.8 Å². The topological polar surface area (TPSA) is 101 Å². The van der Waals surface area contributed by atoms with Gasteiger partial charge in [-0.3, -0.25) is 9.52 Å². The van der Waals surface area contributed by atoms with E-state index in [0.29, 0.717) is 29.3 Å². The number of anilines is 1. The van der Waals surface area contributed by atoms with Gasteiger partial charge in [-0.05, 0) is 73.7 Å². The second-order valence-corrected chi connectivity index (χ2v) is 8.45. The number of nitrogens with one attached hydrogen (secondary N) is 2. The summed E-state index contributed by atoms with van der Waals surface area (Å²) in [5.41, 5.74) is 7.00. The molecule has 2 aromatic rings. The van der Waals surface area contributed by atoms with Crippen LogP contribution in [0.4, 0.5) is 10.1 Å². The fourth-order valence-corrected chi connectivity index (χ4v) is 4.10. The minimum Gasteiger partial charge on any atom is -0.350 e. The first-order valence-electron chi connectivity index (χ1n) is 8.69. The largest absolute Gasteiger partial charge is 0.350 e. The number of hydrogen-bond donors (Lipinski definition) is 3. The molecule has 0 spiro atoms. The van der Waals surface area contributed by atoms with Gasteiger partial charge in [0.15, 0.2) is 0 Å². The summed E-state index contributed by atoms with van der Waals surface area (Å²) in [5, 5.41) is 2.79. The molecular formula is C19H22FN3O3S. The normalized spacial score (nSPS) is 15.2. The summed E-state index contributed by atoms with van der Waals surface area (Å²) in [4.78, 5) is 12.1. The highest BCUT2D eigenvalue weighted by Gasteiger charge is 2.28. The molecule has 144 valence electrons. The molecule has 1 atom stereocenters. The molecule has 8 heteroatoms. The maximum atomic E-state index is 13.2. The molecule has 1 aliphatic carbocycles. The lowest BCUT2D eigenvalue weighted by molar-refractivity contribution is 0.0950. The highest BCUT2D eigenvalue weighted by molar-refractivity contribution is 7.92. The van der Waals surface area contributed by atoms with Crippen molar-refractivity contribution in [2.45, 2.75) is 30.7 Å². The van der Waals surface area contributed by atoms with Crippen LogP contribution in [0.15, 0.2) is 47.4 Å². The van der Waals surface area contributed by atoms with Crippen molar-refractivity contribution < 1.29 is 17.6 Å². The number of halogens is 1. The van der Waals surface area contributed by atoms with E-state index in [1.54, 1.807) is 0 Å². The molecule has 4 N–H and O–H groups in total. The fraction of sp³-hybridized carbons (Fsp3) is 0.316. The molecule has 1 saturated carbocycles. The van der Waals surface area contributed by atoms with Crippen LogP contribution in [-0.4, -0.2) is 26.9 Å². The summed E-state index contributed by atoms with van der Waals surface area (Å²) < 4.78 is 40.6. The lowest BCUT2D eigenvalue weighted by Gasteiger charge is -2.13. The first kappa shape index (κ1) is 19.3. The van der Waals surface area contributed by atoms with Gasteiger partial charge in [-0.2, -0.15) is 0 Å². The summed E-state index contributed by atoms with van der Waals surface area (Å²) in [6.45, 7) is 1.94. The minimum atomic E-state index is -3.85. The molecule has 1 aliphatic rings. The van der Waals surface area contributed by atoms with E-state index in [1.165, 1.54) is 37.3 Å². The van der Waals surface area contributed by atoms with Gasteiger partial charge in [-0.15, -0.1) is 0 Å². The molecule has 1 unspecified atom stereocenters. The summed E-state index contributed by atoms with van der Waals surface area (Å²) in [6, 6.07) is 9.53. The van der Waals surface area contributed by atoms with E-state index in [-0.39, 0.29) is 16.8 Å². The van der Waals surface area contributed by atoms with E-state index in [2.05, 4.69) is 10.0 Å². The van der Waals surface area contributed by atoms with Gasteiger partial charge < -0.3 is 11.1 Å². The molecule has 0 aromatic heterocycles. The number of benzene rings is 2. The van der Waals surface area contributed by atoms with Gasteiger partial charge in [-0.25, -0.2) is 12.8 Å². The fourth-order valence-electron chi connectivity index (χ4n) is 2.82. The predicted molar refractivity (Wildman–Crippen MR) is 101 cm³/mol. The second-order valence-electron chi connectivity index (χ2n) is 6.80. The summed E-state index contributed by atoms with van der Waals surface area (Å²) in [7, 11) is -3.85. The number of rotatable bonds is 7. The van der Waals surface area contributed by atoms with Gasteiger partial charge >= 0.3 is 0 Å². The molecule has 2 aromatic carbocycles. The molecule has 6 nitrogen and oxygen atoms in total. The average Bonchev–Trinajstić information content (AvgIpc) is 3.44. The Morgan fingerprint density at radius 1 is 1.22 bits per heavy atom. The standard InChI is InChI=1S/C19H22FN3O3S/c1-12-10-15(20)6-9-18(12)27(25,26)23-16-7-4-14(5-8-16)19(24)22-11-17(21)13-2-3-13/h4-10,13,17,23H,2-3,11,21H2,1H3,(H,22,24). The quantitative estimate of drug-likeness (QED) is 0.675. The van der Waals surface area contributed by atoms with Crippen LogP contribution in [0, 0.1) is 18.7 Å². The van der Waals surface area contributed by atoms with Gasteiger partial charge in [0.05, 0.1) is 4.90 Å². The number of carbonyl (C=O) groups is 1. The average molecular weight is 391 g/mol. The number of carbonyl (C=O) groups excluding carboxylic acids is 1. The molecule has 0 radical (unpaired) electrons. The van der Waals surface area contributed by atoms with Crippen LogP contribution in [0.3, 0.4) is 0 Å². The molecule has 0 bridgehead atoms. The second kappa shape index (κ2) is 7.66. The zero-order valence-electron chi connectivity index (χ0n) is 14.9. The van der Waals surface area contributed by atoms with Crippen molar-refractivity contribution in [2.75, 3.05) is 11.3 Å². The highest BCUT2D eigenvalue weighted by Crippen LogP contribution is 2.31. The van der Waals surface area contributed by atoms with Crippen molar-refractivity contribution in [1.29, 1.82) is 0 Å². The van der Waals surface area contributed by atoms with Crippen LogP contribution in [0.2, 0.25) is 0 Å². The smallest absolute Gasteiger partial charge is 0.262 e. The Bertz CT molecular complexity index is 941. The highest BCUT2D eigenvalue weighted by atomic mass is 32.2. The number of hydrogen-bond acceptors (Lipinski definition) is 4. The summed E-state index contributed by atoms with van der Waals surface area (Å²) >= 11 is 0. The molecule has 0 aliphatic heterocycles. The zero-order valence-corrected chi connectivity index (χ0v) is 15.7. The Kier molecular flexibility index (Phi) is 5.48. The van der Waals surface area contributed by atoms with Crippen LogP contribution in [0.1, 0.15) is 28.8 Å². The molecule has 0 heterocycles. The van der Waals surface area contributed by atoms with Gasteiger partial charge in [-0.1, -0.05) is 0 Å². The van der Waals surface area contributed by atoms with E-state index in [0.717, 1.165) is 25.0 Å². The van der Waals surface area contributed by atoms with Crippen molar-refractivity contribution >= 4 is 21.6 Å². The Morgan fingerprint density at radius 2 is 1.89 bits per heavy atom. The monoisotopic (exact) mass is 391 g/mol. The number of amides is 1. The van der Waals surface area contributed by atoms with Gasteiger partial charge in [0.2, 0.25) is 0 Å². The lowest BCUT2D eigenvalue weighted by atomic mass is 10.1. The Morgan fingerprint density at radius 3 is 2.48 bits per heavy atom. The molecule has 27 heavy (non-hydrogen) atoms. The van der Waals surface area contributed by atoms with Crippen molar-refractivity contribution in [1.82, 2.24) is 5.32 Å². The third kappa shape index (κ3) is 4.84. The number of nitrogens with two attached hydrogens (primary N) is 1. The third-order valence-corrected chi connectivity index (χ3v) is 6.09. The van der Waals surface area contributed by atoms with Crippen LogP contribution < -0.4 is 15.8 Å². The lowest BCUT2D eigenvalue weighted by Crippen LogP contribution is -2.38. The molecule has 3 rings (SSSR count). The third-order valence-electron chi connectivity index (χ3n) is 4.55. The first-order chi connectivity index (χ1) is 12.8. The van der Waals surface area contributed by atoms with Crippen molar-refractivity contribution in [2.24, 2.45) is 11.7 Å². The SMILES string of the molecule is Cc1cc(F)ccc1S(=O)(=O)Nc1ccc(C(=O)NCC(N)C2CC2)cc1. The predicted octanol–water partition coefficient (Wildman–Crippen LogP) is 2.40. The van der Waals surface area contributed by atoms with E-state index in [9.17, 15) is 17.6 Å². The van der Waals surface area contributed by atoms with Crippen molar-refractivity contribution in [3.05, 3.63) is 59.4 Å². The van der Waals surface area contributed by atoms with Crippen molar-refractivity contribution in [3.63, 3.8) is 0 Å². The van der Waals surface area contributed by atoms with E-state index >= 15 is 0 Å². The molecule has 1 fully saturated rings. The minimum absolute atomic E-state index is 0.000201. The van der Waals surface area contributed by atoms with Crippen LogP contribution in [-0.2, 0) is 10.0 Å². The first-order valence-corrected chi connectivity index (χ1v) is 10.2. The molecular weight excluding hydrogens is 369 g/mol. The molecule has 0 saturated heterocycles. The van der Waals surface area contributed by atoms with E-state index in [4.69, 9.17) is 5.73 Å². The zero-order chi connectivity index (χ0) is 19.6. The van der Waals surface area contributed by atoms with Gasteiger partial charge in [0.1, 0.15) is 5.82 Å². The Hall–Kier alpha value is -2.45. The van der Waals surface area contributed by atoms with E-state index in [1.807, 2.05) is 0 Å². The van der Waals surface area contributed by atoms with Crippen LogP contribution in [0.25, 0.3) is 0 Å². The van der Waals surface area contributed by atoms with Gasteiger partial charge in [0.25, 0.3) is 15.9 Å². The Labute approximate surface area is 158 Å².